The van der Waals surface area contributed by atoms with E-state index >= 15 is 0 Å². The van der Waals surface area contributed by atoms with Gasteiger partial charge in [-0.25, -0.2) is 0 Å². The van der Waals surface area contributed by atoms with Gasteiger partial charge in [-0.15, -0.1) is 0 Å². The minimum atomic E-state index is 0.572. The Morgan fingerprint density at radius 2 is 1.95 bits per heavy atom. The van der Waals surface area contributed by atoms with Crippen LogP contribution in [0.25, 0.3) is 5.57 Å². The molecule has 0 saturated carbocycles. The van der Waals surface area contributed by atoms with Crippen LogP contribution in [0.3, 0.4) is 0 Å². The summed E-state index contributed by atoms with van der Waals surface area (Å²) in [4.78, 5) is 0. The molecule has 19 heavy (non-hydrogen) atoms. The van der Waals surface area contributed by atoms with Gasteiger partial charge in [0.2, 0.25) is 0 Å². The van der Waals surface area contributed by atoms with E-state index in [-0.39, 0.29) is 0 Å². The topological polar surface area (TPSA) is 0 Å². The highest BCUT2D eigenvalue weighted by Crippen LogP contribution is 2.33. The fourth-order valence-electron chi connectivity index (χ4n) is 2.94. The van der Waals surface area contributed by atoms with E-state index in [0.29, 0.717) is 5.92 Å². The first-order valence-corrected chi connectivity index (χ1v) is 7.14. The second-order valence-electron chi connectivity index (χ2n) is 5.44. The predicted octanol–water partition coefficient (Wildman–Crippen LogP) is 5.31. The second-order valence-corrected chi connectivity index (χ2v) is 5.44. The molecule has 0 heteroatoms. The van der Waals surface area contributed by atoms with E-state index in [9.17, 15) is 0 Å². The summed E-state index contributed by atoms with van der Waals surface area (Å²) >= 11 is 0. The van der Waals surface area contributed by atoms with Crippen molar-refractivity contribution in [2.24, 2.45) is 5.92 Å². The van der Waals surface area contributed by atoms with Gasteiger partial charge in [0.1, 0.15) is 0 Å². The standard InChI is InChI=1S/C19H20/c1-15-7-5-10-19-14-18(12-6-11-17(19)13-15)16-8-3-2-4-9-16/h2-4,6-9,11,13-14,19H,5,10,12H2,1H3. The minimum absolute atomic E-state index is 0.572. The molecular formula is C19H20. The Balaban J connectivity index is 1.97. The van der Waals surface area contributed by atoms with Gasteiger partial charge < -0.3 is 0 Å². The molecule has 0 bridgehead atoms. The quantitative estimate of drug-likeness (QED) is 0.631. The lowest BCUT2D eigenvalue weighted by molar-refractivity contribution is 0.705. The number of hydrogen-bond donors (Lipinski definition) is 0. The van der Waals surface area contributed by atoms with Crippen LogP contribution in [0.1, 0.15) is 31.7 Å². The van der Waals surface area contributed by atoms with Crippen LogP contribution < -0.4 is 0 Å². The van der Waals surface area contributed by atoms with E-state index in [4.69, 9.17) is 0 Å². The SMILES string of the molecule is CC1=CCCC2C=C(c3ccccc3)CC=CC2=C1. The van der Waals surface area contributed by atoms with Crippen molar-refractivity contribution in [2.75, 3.05) is 0 Å². The minimum Gasteiger partial charge on any atom is -0.0816 e. The van der Waals surface area contributed by atoms with E-state index in [1.165, 1.54) is 35.1 Å². The zero-order chi connectivity index (χ0) is 13.1. The lowest BCUT2D eigenvalue weighted by Crippen LogP contribution is -1.98. The summed E-state index contributed by atoms with van der Waals surface area (Å²) < 4.78 is 0. The van der Waals surface area contributed by atoms with Gasteiger partial charge in [0.15, 0.2) is 0 Å². The van der Waals surface area contributed by atoms with Crippen LogP contribution in [0.4, 0.5) is 0 Å². The Morgan fingerprint density at radius 3 is 2.79 bits per heavy atom. The third-order valence-electron chi connectivity index (χ3n) is 3.96. The van der Waals surface area contributed by atoms with E-state index in [1.54, 1.807) is 0 Å². The molecule has 0 fully saturated rings. The van der Waals surface area contributed by atoms with Gasteiger partial charge in [-0.05, 0) is 42.9 Å². The number of rotatable bonds is 1. The van der Waals surface area contributed by atoms with Gasteiger partial charge in [-0.3, -0.25) is 0 Å². The van der Waals surface area contributed by atoms with Crippen molar-refractivity contribution in [3.63, 3.8) is 0 Å². The summed E-state index contributed by atoms with van der Waals surface area (Å²) in [7, 11) is 0. The highest BCUT2D eigenvalue weighted by molar-refractivity contribution is 5.68. The zero-order valence-corrected chi connectivity index (χ0v) is 11.5. The molecule has 0 aliphatic heterocycles. The largest absolute Gasteiger partial charge is 0.0816 e. The van der Waals surface area contributed by atoms with E-state index in [2.05, 4.69) is 67.6 Å². The Morgan fingerprint density at radius 1 is 1.11 bits per heavy atom. The van der Waals surface area contributed by atoms with E-state index in [1.807, 2.05) is 0 Å². The van der Waals surface area contributed by atoms with Gasteiger partial charge in [0, 0.05) is 5.92 Å². The monoisotopic (exact) mass is 248 g/mol. The number of fused-ring (bicyclic) bond motifs is 1. The maximum Gasteiger partial charge on any atom is 0.00270 e. The lowest BCUT2D eigenvalue weighted by atomic mass is 9.92. The smallest absolute Gasteiger partial charge is 0.00270 e. The summed E-state index contributed by atoms with van der Waals surface area (Å²) in [6.07, 6.45) is 15.3. The van der Waals surface area contributed by atoms with Gasteiger partial charge in [0.05, 0.1) is 0 Å². The van der Waals surface area contributed by atoms with Crippen molar-refractivity contribution >= 4 is 5.57 Å². The fourth-order valence-corrected chi connectivity index (χ4v) is 2.94. The molecule has 1 aromatic carbocycles. The molecule has 0 nitrogen and oxygen atoms in total. The molecule has 2 aliphatic carbocycles. The van der Waals surface area contributed by atoms with Crippen molar-refractivity contribution in [1.82, 2.24) is 0 Å². The van der Waals surface area contributed by atoms with Crippen LogP contribution in [0.15, 0.2) is 71.9 Å². The van der Waals surface area contributed by atoms with Gasteiger partial charge >= 0.3 is 0 Å². The summed E-state index contributed by atoms with van der Waals surface area (Å²) in [6, 6.07) is 10.8. The highest BCUT2D eigenvalue weighted by atomic mass is 14.2. The van der Waals surface area contributed by atoms with Crippen LogP contribution >= 0.6 is 0 Å². The summed E-state index contributed by atoms with van der Waals surface area (Å²) in [5.74, 6) is 0.572. The van der Waals surface area contributed by atoms with Crippen molar-refractivity contribution in [1.29, 1.82) is 0 Å². The first-order chi connectivity index (χ1) is 9.33. The molecule has 0 N–H and O–H groups in total. The van der Waals surface area contributed by atoms with Crippen molar-refractivity contribution in [3.8, 4) is 0 Å². The van der Waals surface area contributed by atoms with Crippen LogP contribution in [0.2, 0.25) is 0 Å². The first-order valence-electron chi connectivity index (χ1n) is 7.14. The van der Waals surface area contributed by atoms with Crippen LogP contribution in [-0.4, -0.2) is 0 Å². The normalized spacial score (nSPS) is 22.6. The lowest BCUT2D eigenvalue weighted by Gasteiger charge is -2.12. The van der Waals surface area contributed by atoms with Crippen molar-refractivity contribution < 1.29 is 0 Å². The average Bonchev–Trinajstić information content (AvgIpc) is 2.72. The molecule has 1 unspecified atom stereocenters. The first kappa shape index (κ1) is 12.2. The number of benzene rings is 1. The van der Waals surface area contributed by atoms with E-state index < -0.39 is 0 Å². The van der Waals surface area contributed by atoms with Crippen LogP contribution in [0.5, 0.6) is 0 Å². The fraction of sp³-hybridized carbons (Fsp3) is 0.263. The molecule has 3 rings (SSSR count). The molecule has 0 saturated heterocycles. The summed E-state index contributed by atoms with van der Waals surface area (Å²) in [6.45, 7) is 2.20. The van der Waals surface area contributed by atoms with Crippen LogP contribution in [-0.2, 0) is 0 Å². The third-order valence-corrected chi connectivity index (χ3v) is 3.96. The molecule has 0 spiro atoms. The molecule has 0 heterocycles. The van der Waals surface area contributed by atoms with Crippen LogP contribution in [0, 0.1) is 5.92 Å². The van der Waals surface area contributed by atoms with Crippen molar-refractivity contribution in [3.05, 3.63) is 77.4 Å². The molecule has 0 aromatic heterocycles. The predicted molar refractivity (Wildman–Crippen MR) is 82.7 cm³/mol. The third kappa shape index (κ3) is 2.78. The van der Waals surface area contributed by atoms with Gasteiger partial charge in [-0.1, -0.05) is 66.3 Å². The molecule has 0 radical (unpaired) electrons. The number of allylic oxidation sites excluding steroid dienone is 8. The summed E-state index contributed by atoms with van der Waals surface area (Å²) in [5, 5.41) is 0. The Bertz CT molecular complexity index is 567. The molecule has 1 aromatic rings. The Labute approximate surface area is 115 Å². The average molecular weight is 248 g/mol. The molecule has 1 atom stereocenters. The van der Waals surface area contributed by atoms with Gasteiger partial charge in [0.25, 0.3) is 0 Å². The summed E-state index contributed by atoms with van der Waals surface area (Å²) in [5.41, 5.74) is 5.70. The van der Waals surface area contributed by atoms with E-state index in [0.717, 1.165) is 6.42 Å². The number of hydrogen-bond acceptors (Lipinski definition) is 0. The molecule has 96 valence electrons. The molecule has 2 aliphatic rings. The zero-order valence-electron chi connectivity index (χ0n) is 11.5. The highest BCUT2D eigenvalue weighted by Gasteiger charge is 2.15. The Kier molecular flexibility index (Phi) is 3.50. The Hall–Kier alpha value is -1.82. The second kappa shape index (κ2) is 5.44. The molecular weight excluding hydrogens is 228 g/mol. The maximum atomic E-state index is 2.48. The van der Waals surface area contributed by atoms with Crippen molar-refractivity contribution in [2.45, 2.75) is 26.2 Å². The molecule has 0 amide bonds. The maximum absolute atomic E-state index is 2.48. The van der Waals surface area contributed by atoms with Gasteiger partial charge in [-0.2, -0.15) is 0 Å².